The summed E-state index contributed by atoms with van der Waals surface area (Å²) in [6, 6.07) is 9.37. The highest BCUT2D eigenvalue weighted by Crippen LogP contribution is 2.21. The molecule has 1 atom stereocenters. The van der Waals surface area contributed by atoms with Crippen LogP contribution >= 0.6 is 0 Å². The van der Waals surface area contributed by atoms with Gasteiger partial charge in [0.05, 0.1) is 0 Å². The van der Waals surface area contributed by atoms with E-state index in [1.54, 1.807) is 0 Å². The Balaban J connectivity index is 1.79. The van der Waals surface area contributed by atoms with Crippen molar-refractivity contribution in [1.29, 1.82) is 0 Å². The van der Waals surface area contributed by atoms with Gasteiger partial charge in [0.25, 0.3) is 0 Å². The van der Waals surface area contributed by atoms with Crippen LogP contribution in [-0.2, 0) is 6.42 Å². The van der Waals surface area contributed by atoms with Crippen molar-refractivity contribution in [3.05, 3.63) is 47.6 Å². The summed E-state index contributed by atoms with van der Waals surface area (Å²) >= 11 is 0. The molecule has 1 aromatic heterocycles. The molecule has 1 fully saturated rings. The predicted molar refractivity (Wildman–Crippen MR) is 81.3 cm³/mol. The molecule has 1 saturated carbocycles. The van der Waals surface area contributed by atoms with E-state index in [4.69, 9.17) is 4.52 Å². The average molecular weight is 300 g/mol. The van der Waals surface area contributed by atoms with Gasteiger partial charge in [-0.2, -0.15) is 4.98 Å². The smallest absolute Gasteiger partial charge is 0.315 e. The first-order chi connectivity index (χ1) is 10.8. The van der Waals surface area contributed by atoms with Crippen LogP contribution in [0.4, 0.5) is 4.79 Å². The summed E-state index contributed by atoms with van der Waals surface area (Å²) in [6.45, 7) is 2.06. The van der Waals surface area contributed by atoms with Gasteiger partial charge in [-0.05, 0) is 24.8 Å². The molecular formula is C16H20N4O2. The molecule has 6 heteroatoms. The van der Waals surface area contributed by atoms with Crippen molar-refractivity contribution >= 4 is 6.03 Å². The SMILES string of the molecule is CCCc1nc([C@@H](NC(=O)NC2CC2)c2ccccc2)no1. The molecule has 0 radical (unpaired) electrons. The van der Waals surface area contributed by atoms with Crippen molar-refractivity contribution in [3.8, 4) is 0 Å². The zero-order valence-corrected chi connectivity index (χ0v) is 12.6. The van der Waals surface area contributed by atoms with E-state index < -0.39 is 6.04 Å². The van der Waals surface area contributed by atoms with Gasteiger partial charge >= 0.3 is 6.03 Å². The Kier molecular flexibility index (Phi) is 4.37. The minimum Gasteiger partial charge on any atom is -0.339 e. The van der Waals surface area contributed by atoms with Crippen LogP contribution < -0.4 is 10.6 Å². The Hall–Kier alpha value is -2.37. The normalized spacial score (nSPS) is 15.3. The van der Waals surface area contributed by atoms with E-state index in [1.807, 2.05) is 30.3 Å². The first-order valence-corrected chi connectivity index (χ1v) is 7.70. The predicted octanol–water partition coefficient (Wildman–Crippen LogP) is 2.57. The number of carbonyl (C=O) groups excluding carboxylic acids is 1. The van der Waals surface area contributed by atoms with Crippen LogP contribution in [0.3, 0.4) is 0 Å². The lowest BCUT2D eigenvalue weighted by molar-refractivity contribution is 0.237. The van der Waals surface area contributed by atoms with E-state index in [0.29, 0.717) is 17.8 Å². The third-order valence-corrected chi connectivity index (χ3v) is 3.53. The van der Waals surface area contributed by atoms with E-state index in [0.717, 1.165) is 31.2 Å². The van der Waals surface area contributed by atoms with Crippen LogP contribution in [-0.4, -0.2) is 22.2 Å². The van der Waals surface area contributed by atoms with Crippen LogP contribution in [0, 0.1) is 0 Å². The van der Waals surface area contributed by atoms with E-state index in [2.05, 4.69) is 27.7 Å². The number of hydrogen-bond donors (Lipinski definition) is 2. The van der Waals surface area contributed by atoms with Crippen LogP contribution in [0.1, 0.15) is 49.5 Å². The van der Waals surface area contributed by atoms with Crippen LogP contribution in [0.5, 0.6) is 0 Å². The molecule has 0 spiro atoms. The van der Waals surface area contributed by atoms with Gasteiger partial charge < -0.3 is 15.2 Å². The zero-order valence-electron chi connectivity index (χ0n) is 12.6. The molecule has 2 aromatic rings. The summed E-state index contributed by atoms with van der Waals surface area (Å²) in [5.74, 6) is 1.09. The highest BCUT2D eigenvalue weighted by Gasteiger charge is 2.27. The molecule has 0 bridgehead atoms. The van der Waals surface area contributed by atoms with E-state index in [-0.39, 0.29) is 6.03 Å². The molecule has 1 aromatic carbocycles. The Morgan fingerprint density at radius 1 is 1.36 bits per heavy atom. The summed E-state index contributed by atoms with van der Waals surface area (Å²) in [7, 11) is 0. The van der Waals surface area contributed by atoms with Gasteiger partial charge in [0, 0.05) is 12.5 Å². The summed E-state index contributed by atoms with van der Waals surface area (Å²) in [6.07, 6.45) is 3.77. The van der Waals surface area contributed by atoms with Crippen LogP contribution in [0.15, 0.2) is 34.9 Å². The first-order valence-electron chi connectivity index (χ1n) is 7.70. The monoisotopic (exact) mass is 300 g/mol. The van der Waals surface area contributed by atoms with Crippen molar-refractivity contribution in [2.45, 2.75) is 44.7 Å². The highest BCUT2D eigenvalue weighted by molar-refractivity contribution is 5.75. The van der Waals surface area contributed by atoms with E-state index in [9.17, 15) is 4.79 Å². The fraction of sp³-hybridized carbons (Fsp3) is 0.438. The number of benzene rings is 1. The molecule has 1 heterocycles. The third kappa shape index (κ3) is 3.63. The topological polar surface area (TPSA) is 80.0 Å². The van der Waals surface area contributed by atoms with Gasteiger partial charge in [-0.3, -0.25) is 0 Å². The molecular weight excluding hydrogens is 280 g/mol. The molecule has 1 aliphatic rings. The molecule has 116 valence electrons. The van der Waals surface area contributed by atoms with Gasteiger partial charge in [-0.1, -0.05) is 42.4 Å². The van der Waals surface area contributed by atoms with Gasteiger partial charge in [-0.15, -0.1) is 0 Å². The van der Waals surface area contributed by atoms with E-state index >= 15 is 0 Å². The minimum atomic E-state index is -0.408. The number of urea groups is 1. The summed E-state index contributed by atoms with van der Waals surface area (Å²) in [5, 5.41) is 9.89. The van der Waals surface area contributed by atoms with Crippen molar-refractivity contribution in [1.82, 2.24) is 20.8 Å². The van der Waals surface area contributed by atoms with Crippen molar-refractivity contribution in [2.75, 3.05) is 0 Å². The number of hydrogen-bond acceptors (Lipinski definition) is 4. The molecule has 2 N–H and O–H groups in total. The zero-order chi connectivity index (χ0) is 15.4. The molecule has 3 rings (SSSR count). The Morgan fingerprint density at radius 2 is 2.14 bits per heavy atom. The maximum Gasteiger partial charge on any atom is 0.315 e. The van der Waals surface area contributed by atoms with Gasteiger partial charge in [0.1, 0.15) is 6.04 Å². The molecule has 0 unspecified atom stereocenters. The molecule has 6 nitrogen and oxygen atoms in total. The Labute approximate surface area is 129 Å². The van der Waals surface area contributed by atoms with Crippen LogP contribution in [0.25, 0.3) is 0 Å². The van der Waals surface area contributed by atoms with Crippen molar-refractivity contribution in [3.63, 3.8) is 0 Å². The number of nitrogens with zero attached hydrogens (tertiary/aromatic N) is 2. The lowest BCUT2D eigenvalue weighted by atomic mass is 10.1. The lowest BCUT2D eigenvalue weighted by Crippen LogP contribution is -2.39. The van der Waals surface area contributed by atoms with Gasteiger partial charge in [0.2, 0.25) is 5.89 Å². The Morgan fingerprint density at radius 3 is 2.82 bits per heavy atom. The number of aromatic nitrogens is 2. The number of rotatable bonds is 6. The van der Waals surface area contributed by atoms with Crippen molar-refractivity contribution in [2.24, 2.45) is 0 Å². The maximum atomic E-state index is 12.1. The summed E-state index contributed by atoms with van der Waals surface area (Å²) < 4.78 is 5.25. The largest absolute Gasteiger partial charge is 0.339 e. The standard InChI is InChI=1S/C16H20N4O2/c1-2-6-13-18-15(20-22-13)14(11-7-4-3-5-8-11)19-16(21)17-12-9-10-12/h3-5,7-8,12,14H,2,6,9-10H2,1H3,(H2,17,19,21)/t14-/m0/s1. The fourth-order valence-electron chi connectivity index (χ4n) is 2.23. The third-order valence-electron chi connectivity index (χ3n) is 3.53. The second-order valence-electron chi connectivity index (χ2n) is 5.53. The van der Waals surface area contributed by atoms with Crippen LogP contribution in [0.2, 0.25) is 0 Å². The van der Waals surface area contributed by atoms with E-state index in [1.165, 1.54) is 0 Å². The van der Waals surface area contributed by atoms with Crippen molar-refractivity contribution < 1.29 is 9.32 Å². The molecule has 1 aliphatic carbocycles. The minimum absolute atomic E-state index is 0.196. The molecule has 2 amide bonds. The van der Waals surface area contributed by atoms with Gasteiger partial charge in [-0.25, -0.2) is 4.79 Å². The fourth-order valence-corrected chi connectivity index (χ4v) is 2.23. The van der Waals surface area contributed by atoms with Gasteiger partial charge in [0.15, 0.2) is 5.82 Å². The number of aryl methyl sites for hydroxylation is 1. The summed E-state index contributed by atoms with van der Waals surface area (Å²) in [5.41, 5.74) is 0.928. The second kappa shape index (κ2) is 6.60. The first kappa shape index (κ1) is 14.6. The lowest BCUT2D eigenvalue weighted by Gasteiger charge is -2.16. The second-order valence-corrected chi connectivity index (χ2v) is 5.53. The molecule has 0 aliphatic heterocycles. The molecule has 22 heavy (non-hydrogen) atoms. The number of amides is 2. The summed E-state index contributed by atoms with van der Waals surface area (Å²) in [4.78, 5) is 16.5. The average Bonchev–Trinajstić information content (AvgIpc) is 3.22. The number of carbonyl (C=O) groups is 1. The number of nitrogens with one attached hydrogen (secondary N) is 2. The Bertz CT molecular complexity index is 622. The maximum absolute atomic E-state index is 12.1. The highest BCUT2D eigenvalue weighted by atomic mass is 16.5. The quantitative estimate of drug-likeness (QED) is 0.859. The molecule has 0 saturated heterocycles.